The summed E-state index contributed by atoms with van der Waals surface area (Å²) < 4.78 is 5.38. The van der Waals surface area contributed by atoms with Gasteiger partial charge in [-0.05, 0) is 31.7 Å². The Kier molecular flexibility index (Phi) is 7.09. The van der Waals surface area contributed by atoms with Gasteiger partial charge in [-0.25, -0.2) is 4.79 Å². The lowest BCUT2D eigenvalue weighted by molar-refractivity contribution is -0.134. The Hall–Kier alpha value is -2.04. The van der Waals surface area contributed by atoms with Gasteiger partial charge in [-0.2, -0.15) is 0 Å². The van der Waals surface area contributed by atoms with E-state index in [-0.39, 0.29) is 18.0 Å². The third-order valence-electron chi connectivity index (χ3n) is 4.49. The van der Waals surface area contributed by atoms with Crippen LogP contribution >= 0.6 is 0 Å². The highest BCUT2D eigenvalue weighted by molar-refractivity contribution is 5.76. The quantitative estimate of drug-likeness (QED) is 0.802. The molecule has 0 unspecified atom stereocenters. The van der Waals surface area contributed by atoms with E-state index in [1.54, 1.807) is 4.90 Å². The smallest absolute Gasteiger partial charge is 0.410 e. The van der Waals surface area contributed by atoms with Gasteiger partial charge in [0.25, 0.3) is 0 Å². The largest absolute Gasteiger partial charge is 0.445 e. The van der Waals surface area contributed by atoms with Gasteiger partial charge in [0, 0.05) is 32.1 Å². The summed E-state index contributed by atoms with van der Waals surface area (Å²) in [6, 6.07) is 9.93. The maximum atomic E-state index is 12.2. The van der Waals surface area contributed by atoms with Crippen LogP contribution in [0.2, 0.25) is 0 Å². The Bertz CT molecular complexity index is 525. The number of nitrogens with zero attached hydrogens (tertiary/aromatic N) is 2. The van der Waals surface area contributed by atoms with Crippen LogP contribution in [0.1, 0.15) is 45.1 Å². The second-order valence-electron chi connectivity index (χ2n) is 6.19. The molecule has 5 heteroatoms. The Labute approximate surface area is 144 Å². The summed E-state index contributed by atoms with van der Waals surface area (Å²) >= 11 is 0. The molecule has 0 aromatic heterocycles. The van der Waals surface area contributed by atoms with E-state index in [1.165, 1.54) is 0 Å². The third-order valence-corrected chi connectivity index (χ3v) is 4.49. The topological polar surface area (TPSA) is 49.9 Å². The van der Waals surface area contributed by atoms with Crippen molar-refractivity contribution < 1.29 is 14.3 Å². The summed E-state index contributed by atoms with van der Waals surface area (Å²) in [6.07, 6.45) is 2.86. The van der Waals surface area contributed by atoms with Gasteiger partial charge in [-0.15, -0.1) is 0 Å². The monoisotopic (exact) mass is 332 g/mol. The molecule has 1 aromatic rings. The number of ether oxygens (including phenoxy) is 1. The summed E-state index contributed by atoms with van der Waals surface area (Å²) in [5.74, 6) is 0.227. The lowest BCUT2D eigenvalue weighted by atomic mass is 10.0. The minimum Gasteiger partial charge on any atom is -0.445 e. The van der Waals surface area contributed by atoms with Crippen LogP contribution < -0.4 is 0 Å². The minimum atomic E-state index is -0.264. The SMILES string of the molecule is CCCC(=O)N(CC)C1CCN(C(=O)OCc2ccccc2)CC1. The van der Waals surface area contributed by atoms with Crippen molar-refractivity contribution in [1.82, 2.24) is 9.80 Å². The van der Waals surface area contributed by atoms with Crippen LogP contribution in [0.15, 0.2) is 30.3 Å². The standard InChI is InChI=1S/C19H28N2O3/c1-3-8-18(22)21(4-2)17-11-13-20(14-12-17)19(23)24-15-16-9-6-5-7-10-16/h5-7,9-10,17H,3-4,8,11-15H2,1-2H3. The zero-order valence-electron chi connectivity index (χ0n) is 14.7. The lowest BCUT2D eigenvalue weighted by Gasteiger charge is -2.37. The molecule has 1 aliphatic heterocycles. The van der Waals surface area contributed by atoms with Crippen LogP contribution in [0.3, 0.4) is 0 Å². The first-order valence-corrected chi connectivity index (χ1v) is 8.90. The maximum Gasteiger partial charge on any atom is 0.410 e. The predicted octanol–water partition coefficient (Wildman–Crippen LogP) is 3.44. The molecule has 0 radical (unpaired) electrons. The van der Waals surface area contributed by atoms with Crippen LogP contribution in [0.4, 0.5) is 4.79 Å². The summed E-state index contributed by atoms with van der Waals surface area (Å²) in [4.78, 5) is 28.1. The molecule has 0 aliphatic carbocycles. The number of carbonyl (C=O) groups is 2. The van der Waals surface area contributed by atoms with Crippen molar-refractivity contribution in [2.75, 3.05) is 19.6 Å². The number of benzene rings is 1. The molecule has 1 fully saturated rings. The second kappa shape index (κ2) is 9.30. The van der Waals surface area contributed by atoms with E-state index < -0.39 is 0 Å². The Balaban J connectivity index is 1.79. The Morgan fingerprint density at radius 1 is 1.17 bits per heavy atom. The van der Waals surface area contributed by atoms with Crippen molar-refractivity contribution in [2.24, 2.45) is 0 Å². The number of rotatable bonds is 6. The van der Waals surface area contributed by atoms with Crippen LogP contribution in [0.5, 0.6) is 0 Å². The molecule has 0 N–H and O–H groups in total. The Morgan fingerprint density at radius 3 is 2.42 bits per heavy atom. The molecule has 0 saturated carbocycles. The molecule has 1 heterocycles. The van der Waals surface area contributed by atoms with Crippen LogP contribution in [-0.4, -0.2) is 47.5 Å². The van der Waals surface area contributed by atoms with Crippen molar-refractivity contribution in [2.45, 2.75) is 52.2 Å². The van der Waals surface area contributed by atoms with Crippen molar-refractivity contribution in [3.63, 3.8) is 0 Å². The molecule has 5 nitrogen and oxygen atoms in total. The first-order chi connectivity index (χ1) is 11.7. The second-order valence-corrected chi connectivity index (χ2v) is 6.19. The van der Waals surface area contributed by atoms with Crippen LogP contribution in [-0.2, 0) is 16.1 Å². The van der Waals surface area contributed by atoms with E-state index in [2.05, 4.69) is 0 Å². The zero-order valence-corrected chi connectivity index (χ0v) is 14.7. The lowest BCUT2D eigenvalue weighted by Crippen LogP contribution is -2.48. The van der Waals surface area contributed by atoms with Gasteiger partial charge in [0.2, 0.25) is 5.91 Å². The number of hydrogen-bond donors (Lipinski definition) is 0. The van der Waals surface area contributed by atoms with Crippen molar-refractivity contribution in [1.29, 1.82) is 0 Å². The van der Waals surface area contributed by atoms with Gasteiger partial charge in [-0.3, -0.25) is 4.79 Å². The molecule has 1 aromatic carbocycles. The number of hydrogen-bond acceptors (Lipinski definition) is 3. The van der Waals surface area contributed by atoms with Gasteiger partial charge < -0.3 is 14.5 Å². The van der Waals surface area contributed by atoms with Gasteiger partial charge in [0.05, 0.1) is 0 Å². The summed E-state index contributed by atoms with van der Waals surface area (Å²) in [5, 5.41) is 0. The highest BCUT2D eigenvalue weighted by Gasteiger charge is 2.28. The number of carbonyl (C=O) groups excluding carboxylic acids is 2. The average molecular weight is 332 g/mol. The van der Waals surface area contributed by atoms with Crippen molar-refractivity contribution >= 4 is 12.0 Å². The molecule has 1 aliphatic rings. The summed E-state index contributed by atoms with van der Waals surface area (Å²) in [5.41, 5.74) is 0.989. The molecule has 2 amide bonds. The molecular weight excluding hydrogens is 304 g/mol. The molecule has 0 bridgehead atoms. The molecule has 24 heavy (non-hydrogen) atoms. The van der Waals surface area contributed by atoms with E-state index in [0.29, 0.717) is 26.1 Å². The number of piperidine rings is 1. The normalized spacial score (nSPS) is 15.2. The van der Waals surface area contributed by atoms with E-state index >= 15 is 0 Å². The van der Waals surface area contributed by atoms with Crippen molar-refractivity contribution in [3.05, 3.63) is 35.9 Å². The summed E-state index contributed by atoms with van der Waals surface area (Å²) in [7, 11) is 0. The molecule has 2 rings (SSSR count). The van der Waals surface area contributed by atoms with E-state index in [1.807, 2.05) is 49.1 Å². The molecular formula is C19H28N2O3. The van der Waals surface area contributed by atoms with Crippen LogP contribution in [0, 0.1) is 0 Å². The van der Waals surface area contributed by atoms with Crippen LogP contribution in [0.25, 0.3) is 0 Å². The van der Waals surface area contributed by atoms with E-state index in [4.69, 9.17) is 4.74 Å². The minimum absolute atomic E-state index is 0.227. The van der Waals surface area contributed by atoms with Crippen molar-refractivity contribution in [3.8, 4) is 0 Å². The Morgan fingerprint density at radius 2 is 1.83 bits per heavy atom. The number of amides is 2. The van der Waals surface area contributed by atoms with Gasteiger partial charge in [0.15, 0.2) is 0 Å². The fourth-order valence-electron chi connectivity index (χ4n) is 3.17. The van der Waals surface area contributed by atoms with E-state index in [9.17, 15) is 9.59 Å². The molecule has 0 spiro atoms. The number of likely N-dealkylation sites (tertiary alicyclic amines) is 1. The highest BCUT2D eigenvalue weighted by Crippen LogP contribution is 2.18. The zero-order chi connectivity index (χ0) is 17.4. The first-order valence-electron chi connectivity index (χ1n) is 8.90. The fraction of sp³-hybridized carbons (Fsp3) is 0.579. The van der Waals surface area contributed by atoms with Gasteiger partial charge >= 0.3 is 6.09 Å². The molecule has 1 saturated heterocycles. The van der Waals surface area contributed by atoms with E-state index in [0.717, 1.165) is 31.4 Å². The third kappa shape index (κ3) is 4.98. The van der Waals surface area contributed by atoms with Gasteiger partial charge in [0.1, 0.15) is 6.61 Å². The first kappa shape index (κ1) is 18.3. The molecule has 132 valence electrons. The highest BCUT2D eigenvalue weighted by atomic mass is 16.6. The predicted molar refractivity (Wildman–Crippen MR) is 93.5 cm³/mol. The molecule has 0 atom stereocenters. The average Bonchev–Trinajstić information content (AvgIpc) is 2.62. The fourth-order valence-corrected chi connectivity index (χ4v) is 3.17. The van der Waals surface area contributed by atoms with Gasteiger partial charge in [-0.1, -0.05) is 37.3 Å². The maximum absolute atomic E-state index is 12.2. The summed E-state index contributed by atoms with van der Waals surface area (Å²) in [6.45, 7) is 6.38.